The lowest BCUT2D eigenvalue weighted by atomic mass is 10.3. The Kier molecular flexibility index (Phi) is 6.03. The molecule has 0 fully saturated rings. The monoisotopic (exact) mass is 262 g/mol. The number of rotatable bonds is 2. The Balaban J connectivity index is 0.000000492. The maximum atomic E-state index is 5.75. The molecule has 2 aromatic rings. The Hall–Kier alpha value is -1.73. The van der Waals surface area contributed by atoms with Gasteiger partial charge in [-0.2, -0.15) is 0 Å². The highest BCUT2D eigenvalue weighted by Gasteiger charge is 2.02. The first-order valence-corrected chi connectivity index (χ1v) is 7.64. The van der Waals surface area contributed by atoms with Crippen LogP contribution in [0.25, 0.3) is 0 Å². The second-order valence-corrected chi connectivity index (χ2v) is 4.68. The van der Waals surface area contributed by atoms with Gasteiger partial charge in [0.2, 0.25) is 0 Å². The van der Waals surface area contributed by atoms with Gasteiger partial charge in [-0.05, 0) is 37.6 Å². The van der Waals surface area contributed by atoms with E-state index >= 15 is 0 Å². The zero-order chi connectivity index (χ0) is 13.4. The van der Waals surface area contributed by atoms with Crippen molar-refractivity contribution in [1.82, 2.24) is 0 Å². The summed E-state index contributed by atoms with van der Waals surface area (Å²) in [5.74, 6) is 1.24. The van der Waals surface area contributed by atoms with Gasteiger partial charge >= 0.3 is 0 Å². The minimum Gasteiger partial charge on any atom is -0.453 e. The highest BCUT2D eigenvalue weighted by Crippen LogP contribution is 2.30. The van der Waals surface area contributed by atoms with E-state index in [0.717, 1.165) is 8.58 Å². The summed E-state index contributed by atoms with van der Waals surface area (Å²) in [5, 5.41) is 0. The second kappa shape index (κ2) is 7.57. The van der Waals surface area contributed by atoms with Crippen LogP contribution in [-0.4, -0.2) is 13.3 Å². The number of ether oxygens (including phenoxy) is 1. The summed E-state index contributed by atoms with van der Waals surface area (Å²) in [7, 11) is 1.08. The summed E-state index contributed by atoms with van der Waals surface area (Å²) in [6.07, 6.45) is 0. The molecule has 4 heteroatoms. The van der Waals surface area contributed by atoms with Crippen LogP contribution in [0.2, 0.25) is 0 Å². The average Bonchev–Trinajstić information content (AvgIpc) is 2.36. The van der Waals surface area contributed by atoms with E-state index < -0.39 is 0 Å². The Morgan fingerprint density at radius 1 is 0.778 bits per heavy atom. The summed E-state index contributed by atoms with van der Waals surface area (Å²) in [4.78, 5) is 0. The summed E-state index contributed by atoms with van der Waals surface area (Å²) in [5.41, 5.74) is 12.7. The molecule has 0 radical (unpaired) electrons. The molecule has 0 heterocycles. The number of hydrogen-bond donors (Lipinski definition) is 2. The van der Waals surface area contributed by atoms with E-state index in [2.05, 4.69) is 13.3 Å². The number of para-hydroxylation sites is 4. The fraction of sp³-hybridized carbons (Fsp3) is 0.143. The SMILES string of the molecule is CPC.Nc1ccccc1Oc1ccccc1N. The summed E-state index contributed by atoms with van der Waals surface area (Å²) < 4.78 is 5.59. The minimum atomic E-state index is 0.598. The lowest BCUT2D eigenvalue weighted by Gasteiger charge is -2.09. The molecule has 0 aromatic heterocycles. The fourth-order valence-electron chi connectivity index (χ4n) is 1.27. The summed E-state index contributed by atoms with van der Waals surface area (Å²) >= 11 is 0. The standard InChI is InChI=1S/C12H12N2O.C2H7P/c13-9-5-1-3-7-11(9)15-12-8-4-2-6-10(12)14;1-3-2/h1-8H,13-14H2;3H,1-2H3. The van der Waals surface area contributed by atoms with Gasteiger partial charge < -0.3 is 16.2 Å². The van der Waals surface area contributed by atoms with Crippen molar-refractivity contribution < 1.29 is 4.74 Å². The predicted octanol–water partition coefficient (Wildman–Crippen LogP) is 3.57. The minimum absolute atomic E-state index is 0.598. The molecule has 4 N–H and O–H groups in total. The van der Waals surface area contributed by atoms with Gasteiger partial charge in [-0.15, -0.1) is 8.58 Å². The first-order valence-electron chi connectivity index (χ1n) is 5.64. The molecule has 0 bridgehead atoms. The Morgan fingerprint density at radius 3 is 1.44 bits per heavy atom. The van der Waals surface area contributed by atoms with Gasteiger partial charge in [0.25, 0.3) is 0 Å². The van der Waals surface area contributed by atoms with Gasteiger partial charge in [0.05, 0.1) is 11.4 Å². The molecule has 3 nitrogen and oxygen atoms in total. The van der Waals surface area contributed by atoms with Crippen molar-refractivity contribution in [3.05, 3.63) is 48.5 Å². The lowest BCUT2D eigenvalue weighted by Crippen LogP contribution is -1.94. The van der Waals surface area contributed by atoms with E-state index in [9.17, 15) is 0 Å². The predicted molar refractivity (Wildman–Crippen MR) is 81.9 cm³/mol. The van der Waals surface area contributed by atoms with Gasteiger partial charge in [-0.25, -0.2) is 0 Å². The molecule has 0 saturated carbocycles. The van der Waals surface area contributed by atoms with Crippen molar-refractivity contribution in [2.24, 2.45) is 0 Å². The molecule has 0 aliphatic heterocycles. The molecule has 0 saturated heterocycles. The maximum Gasteiger partial charge on any atom is 0.150 e. The third-order valence-electron chi connectivity index (χ3n) is 2.06. The van der Waals surface area contributed by atoms with Crippen LogP contribution in [0.5, 0.6) is 11.5 Å². The molecule has 0 atom stereocenters. The van der Waals surface area contributed by atoms with Crippen LogP contribution in [0.3, 0.4) is 0 Å². The number of hydrogen-bond acceptors (Lipinski definition) is 3. The Bertz CT molecular complexity index is 445. The van der Waals surface area contributed by atoms with E-state index in [1.54, 1.807) is 12.1 Å². The van der Waals surface area contributed by atoms with Crippen LogP contribution >= 0.6 is 8.58 Å². The molecule has 2 rings (SSSR count). The smallest absolute Gasteiger partial charge is 0.150 e. The van der Waals surface area contributed by atoms with E-state index in [1.807, 2.05) is 36.4 Å². The molecule has 0 spiro atoms. The number of benzene rings is 2. The molecular weight excluding hydrogens is 243 g/mol. The van der Waals surface area contributed by atoms with Crippen molar-refractivity contribution in [3.63, 3.8) is 0 Å². The van der Waals surface area contributed by atoms with E-state index in [-0.39, 0.29) is 0 Å². The first-order chi connectivity index (χ1) is 8.69. The van der Waals surface area contributed by atoms with Crippen molar-refractivity contribution in [1.29, 1.82) is 0 Å². The van der Waals surface area contributed by atoms with Crippen LogP contribution in [0.15, 0.2) is 48.5 Å². The van der Waals surface area contributed by atoms with Gasteiger partial charge in [-0.1, -0.05) is 24.3 Å². The van der Waals surface area contributed by atoms with Gasteiger partial charge in [0.15, 0.2) is 0 Å². The number of anilines is 2. The summed E-state index contributed by atoms with van der Waals surface area (Å²) in [6.45, 7) is 4.31. The lowest BCUT2D eigenvalue weighted by molar-refractivity contribution is 0.487. The zero-order valence-corrected chi connectivity index (χ0v) is 11.7. The summed E-state index contributed by atoms with van der Waals surface area (Å²) in [6, 6.07) is 14.6. The quantitative estimate of drug-likeness (QED) is 0.642. The van der Waals surface area contributed by atoms with E-state index in [1.165, 1.54) is 0 Å². The number of nitrogen functional groups attached to an aromatic ring is 2. The highest BCUT2D eigenvalue weighted by molar-refractivity contribution is 7.35. The van der Waals surface area contributed by atoms with Crippen molar-refractivity contribution >= 4 is 20.0 Å². The molecule has 0 unspecified atom stereocenters. The van der Waals surface area contributed by atoms with E-state index in [0.29, 0.717) is 22.9 Å². The van der Waals surface area contributed by atoms with Gasteiger partial charge in [0.1, 0.15) is 11.5 Å². The Morgan fingerprint density at radius 2 is 1.11 bits per heavy atom. The van der Waals surface area contributed by atoms with Crippen LogP contribution in [0, 0.1) is 0 Å². The van der Waals surface area contributed by atoms with Crippen LogP contribution in [0.1, 0.15) is 0 Å². The molecule has 2 aromatic carbocycles. The molecule has 0 aliphatic rings. The van der Waals surface area contributed by atoms with Crippen LogP contribution in [0.4, 0.5) is 11.4 Å². The molecule has 18 heavy (non-hydrogen) atoms. The molecule has 96 valence electrons. The van der Waals surface area contributed by atoms with Gasteiger partial charge in [-0.3, -0.25) is 0 Å². The fourth-order valence-corrected chi connectivity index (χ4v) is 1.27. The molecule has 0 amide bonds. The normalized spacial score (nSPS) is 9.22. The van der Waals surface area contributed by atoms with Crippen LogP contribution in [-0.2, 0) is 0 Å². The topological polar surface area (TPSA) is 61.3 Å². The van der Waals surface area contributed by atoms with Crippen molar-refractivity contribution in [2.45, 2.75) is 0 Å². The van der Waals surface area contributed by atoms with Crippen LogP contribution < -0.4 is 16.2 Å². The third-order valence-corrected chi connectivity index (χ3v) is 2.06. The average molecular weight is 262 g/mol. The molecular formula is C14H19N2OP. The Labute approximate surface area is 110 Å². The molecule has 0 aliphatic carbocycles. The first kappa shape index (κ1) is 14.3. The maximum absolute atomic E-state index is 5.75. The zero-order valence-electron chi connectivity index (χ0n) is 10.7. The van der Waals surface area contributed by atoms with Crippen molar-refractivity contribution in [2.75, 3.05) is 24.8 Å². The second-order valence-electron chi connectivity index (χ2n) is 3.68. The highest BCUT2D eigenvalue weighted by atomic mass is 31.1. The largest absolute Gasteiger partial charge is 0.453 e. The van der Waals surface area contributed by atoms with Crippen molar-refractivity contribution in [3.8, 4) is 11.5 Å². The van der Waals surface area contributed by atoms with Gasteiger partial charge in [0, 0.05) is 0 Å². The third kappa shape index (κ3) is 4.27. The van der Waals surface area contributed by atoms with E-state index in [4.69, 9.17) is 16.2 Å². The number of nitrogens with two attached hydrogens (primary N) is 2.